The highest BCUT2D eigenvalue weighted by molar-refractivity contribution is 6.14. The minimum Gasteiger partial charge on any atom is -0.294 e. The van der Waals surface area contributed by atoms with Gasteiger partial charge in [0.05, 0.1) is 6.54 Å². The molecule has 0 fully saturated rings. The molecule has 0 radical (unpaired) electrons. The molecular weight excluding hydrogens is 126 g/mol. The van der Waals surface area contributed by atoms with E-state index in [0.29, 0.717) is 6.54 Å². The van der Waals surface area contributed by atoms with Crippen molar-refractivity contribution in [3.63, 3.8) is 0 Å². The van der Waals surface area contributed by atoms with Crippen LogP contribution in [0.3, 0.4) is 0 Å². The van der Waals surface area contributed by atoms with Crippen molar-refractivity contribution >= 4 is 12.0 Å². The molecule has 0 aromatic carbocycles. The zero-order chi connectivity index (χ0) is 7.56. The fraction of sp³-hybridized carbons (Fsp3) is 0.500. The number of hydrogen-bond donors (Lipinski definition) is 0. The van der Waals surface area contributed by atoms with Gasteiger partial charge >= 0.3 is 0 Å². The topological polar surface area (TPSA) is 29.4 Å². The zero-order valence-electron chi connectivity index (χ0n) is 6.29. The van der Waals surface area contributed by atoms with Crippen LogP contribution in [-0.4, -0.2) is 18.5 Å². The molecule has 54 valence electrons. The molecule has 0 amide bonds. The molecule has 2 nitrogen and oxygen atoms in total. The third-order valence-electron chi connectivity index (χ3n) is 1.46. The fourth-order valence-corrected chi connectivity index (χ4v) is 0.852. The molecule has 0 aromatic rings. The number of hydrogen-bond acceptors (Lipinski definition) is 2. The van der Waals surface area contributed by atoms with Gasteiger partial charge in [0, 0.05) is 17.7 Å². The molecule has 0 atom stereocenters. The van der Waals surface area contributed by atoms with Crippen LogP contribution in [0.15, 0.2) is 16.6 Å². The van der Waals surface area contributed by atoms with Gasteiger partial charge < -0.3 is 0 Å². The minimum atomic E-state index is 0.0933. The molecule has 0 aliphatic carbocycles. The van der Waals surface area contributed by atoms with E-state index >= 15 is 0 Å². The van der Waals surface area contributed by atoms with Gasteiger partial charge in [0.2, 0.25) is 0 Å². The Bertz CT molecular complexity index is 201. The maximum atomic E-state index is 11.2. The van der Waals surface area contributed by atoms with Crippen molar-refractivity contribution in [2.24, 2.45) is 10.9 Å². The number of aliphatic imine (C=N–C) groups is 1. The normalized spacial score (nSPS) is 16.1. The number of carbonyl (C=O) groups is 1. The Labute approximate surface area is 60.7 Å². The summed E-state index contributed by atoms with van der Waals surface area (Å²) in [7, 11) is 0. The number of rotatable bonds is 2. The van der Waals surface area contributed by atoms with Crippen LogP contribution in [0.2, 0.25) is 0 Å². The first-order valence-corrected chi connectivity index (χ1v) is 3.46. The van der Waals surface area contributed by atoms with Crippen molar-refractivity contribution in [3.05, 3.63) is 11.6 Å². The van der Waals surface area contributed by atoms with Gasteiger partial charge in [-0.3, -0.25) is 9.79 Å². The van der Waals surface area contributed by atoms with Gasteiger partial charge in [0.1, 0.15) is 0 Å². The Morgan fingerprint density at radius 1 is 1.70 bits per heavy atom. The second kappa shape index (κ2) is 2.78. The summed E-state index contributed by atoms with van der Waals surface area (Å²) in [6.07, 6.45) is 3.52. The molecule has 1 aliphatic heterocycles. The lowest BCUT2D eigenvalue weighted by Gasteiger charge is -1.99. The largest absolute Gasteiger partial charge is 0.294 e. The molecule has 0 bridgehead atoms. The highest BCUT2D eigenvalue weighted by atomic mass is 16.1. The maximum Gasteiger partial charge on any atom is 0.166 e. The Balaban J connectivity index is 2.66. The highest BCUT2D eigenvalue weighted by Crippen LogP contribution is 2.06. The zero-order valence-corrected chi connectivity index (χ0v) is 6.29. The Morgan fingerprint density at radius 3 is 2.80 bits per heavy atom. The van der Waals surface area contributed by atoms with Crippen LogP contribution in [0.1, 0.15) is 13.8 Å². The third-order valence-corrected chi connectivity index (χ3v) is 1.46. The van der Waals surface area contributed by atoms with Gasteiger partial charge in [0.15, 0.2) is 5.78 Å². The van der Waals surface area contributed by atoms with E-state index in [2.05, 4.69) is 4.99 Å². The van der Waals surface area contributed by atoms with Crippen LogP contribution in [0.5, 0.6) is 0 Å². The highest BCUT2D eigenvalue weighted by Gasteiger charge is 2.12. The summed E-state index contributed by atoms with van der Waals surface area (Å²) in [4.78, 5) is 15.1. The van der Waals surface area contributed by atoms with Gasteiger partial charge in [-0.15, -0.1) is 0 Å². The van der Waals surface area contributed by atoms with Crippen molar-refractivity contribution in [1.82, 2.24) is 0 Å². The molecule has 0 aromatic heterocycles. The minimum absolute atomic E-state index is 0.0933. The summed E-state index contributed by atoms with van der Waals surface area (Å²) >= 11 is 0. The summed E-state index contributed by atoms with van der Waals surface area (Å²) in [5.41, 5.74) is 0.773. The van der Waals surface area contributed by atoms with Gasteiger partial charge in [-0.25, -0.2) is 0 Å². The number of allylic oxidation sites excluding steroid dienone is 1. The smallest absolute Gasteiger partial charge is 0.166 e. The summed E-state index contributed by atoms with van der Waals surface area (Å²) in [5, 5.41) is 0. The molecule has 10 heavy (non-hydrogen) atoms. The van der Waals surface area contributed by atoms with E-state index in [-0.39, 0.29) is 11.7 Å². The van der Waals surface area contributed by atoms with Crippen molar-refractivity contribution in [1.29, 1.82) is 0 Å². The lowest BCUT2D eigenvalue weighted by molar-refractivity contribution is -0.117. The molecule has 2 heteroatoms. The third kappa shape index (κ3) is 1.32. The van der Waals surface area contributed by atoms with Gasteiger partial charge in [-0.2, -0.15) is 0 Å². The fourth-order valence-electron chi connectivity index (χ4n) is 0.852. The van der Waals surface area contributed by atoms with E-state index in [1.165, 1.54) is 0 Å². The summed E-state index contributed by atoms with van der Waals surface area (Å²) < 4.78 is 0. The van der Waals surface area contributed by atoms with Crippen molar-refractivity contribution in [3.8, 4) is 0 Å². The van der Waals surface area contributed by atoms with E-state index in [1.807, 2.05) is 19.9 Å². The second-order valence-electron chi connectivity index (χ2n) is 2.67. The van der Waals surface area contributed by atoms with Gasteiger partial charge in [0.25, 0.3) is 0 Å². The van der Waals surface area contributed by atoms with E-state index in [1.54, 1.807) is 6.21 Å². The molecule has 0 spiro atoms. The van der Waals surface area contributed by atoms with E-state index < -0.39 is 0 Å². The number of carbonyl (C=O) groups excluding carboxylic acids is 1. The Hall–Kier alpha value is -0.920. The summed E-state index contributed by atoms with van der Waals surface area (Å²) in [5.74, 6) is 0.289. The standard InChI is InChI=1S/C8H11NO/c1-6(2)8(10)7-3-4-9-5-7/h3,5-6H,4H2,1-2H3. The molecule has 0 saturated heterocycles. The van der Waals surface area contributed by atoms with Gasteiger partial charge in [-0.1, -0.05) is 19.9 Å². The monoisotopic (exact) mass is 137 g/mol. The average molecular weight is 137 g/mol. The van der Waals surface area contributed by atoms with Gasteiger partial charge in [-0.05, 0) is 0 Å². The van der Waals surface area contributed by atoms with E-state index in [4.69, 9.17) is 0 Å². The second-order valence-corrected chi connectivity index (χ2v) is 2.67. The number of nitrogens with zero attached hydrogens (tertiary/aromatic N) is 1. The summed E-state index contributed by atoms with van der Waals surface area (Å²) in [6, 6.07) is 0. The summed E-state index contributed by atoms with van der Waals surface area (Å²) in [6.45, 7) is 4.47. The molecule has 1 heterocycles. The predicted molar refractivity (Wildman–Crippen MR) is 41.3 cm³/mol. The first-order chi connectivity index (χ1) is 4.72. The Kier molecular flexibility index (Phi) is 2.00. The van der Waals surface area contributed by atoms with Crippen LogP contribution in [0.4, 0.5) is 0 Å². The van der Waals surface area contributed by atoms with Crippen LogP contribution in [0, 0.1) is 5.92 Å². The number of Topliss-reactive ketones (excluding diaryl/α,β-unsaturated/α-hetero) is 1. The van der Waals surface area contributed by atoms with Crippen molar-refractivity contribution in [2.75, 3.05) is 6.54 Å². The van der Waals surface area contributed by atoms with Crippen LogP contribution >= 0.6 is 0 Å². The lowest BCUT2D eigenvalue weighted by Crippen LogP contribution is -2.09. The molecular formula is C8H11NO. The molecule has 0 saturated carbocycles. The van der Waals surface area contributed by atoms with Crippen LogP contribution in [-0.2, 0) is 4.79 Å². The molecule has 1 aliphatic rings. The lowest BCUT2D eigenvalue weighted by atomic mass is 10.0. The Morgan fingerprint density at radius 2 is 2.40 bits per heavy atom. The average Bonchev–Trinajstić information content (AvgIpc) is 2.36. The number of ketones is 1. The predicted octanol–water partition coefficient (Wildman–Crippen LogP) is 1.22. The maximum absolute atomic E-state index is 11.2. The first-order valence-electron chi connectivity index (χ1n) is 3.46. The molecule has 0 N–H and O–H groups in total. The van der Waals surface area contributed by atoms with Crippen molar-refractivity contribution < 1.29 is 4.79 Å². The molecule has 1 rings (SSSR count). The SMILES string of the molecule is CC(C)C(=O)C1=CCN=C1. The molecule has 0 unspecified atom stereocenters. The first kappa shape index (κ1) is 7.19. The van der Waals surface area contributed by atoms with Crippen LogP contribution in [0.25, 0.3) is 0 Å². The van der Waals surface area contributed by atoms with E-state index in [9.17, 15) is 4.79 Å². The van der Waals surface area contributed by atoms with E-state index in [0.717, 1.165) is 5.57 Å². The quantitative estimate of drug-likeness (QED) is 0.562. The van der Waals surface area contributed by atoms with Crippen molar-refractivity contribution in [2.45, 2.75) is 13.8 Å². The van der Waals surface area contributed by atoms with Crippen LogP contribution < -0.4 is 0 Å².